The number of carboxylic acid groups (broad SMARTS) is 2. The number of phenolic OH excluding ortho intramolecular Hbond substituents is 2. The number of hydrogen-bond donors (Lipinski definition) is 4. The lowest BCUT2D eigenvalue weighted by Gasteiger charge is -2.16. The number of aromatic hydroxyl groups is 2. The van der Waals surface area contributed by atoms with Crippen LogP contribution in [0, 0.1) is 0 Å². The summed E-state index contributed by atoms with van der Waals surface area (Å²) in [6.45, 7) is -1.62. The number of hydrogen-bond acceptors (Lipinski definition) is 6. The van der Waals surface area contributed by atoms with Crippen LogP contribution < -0.4 is 0 Å². The Morgan fingerprint density at radius 2 is 1.45 bits per heavy atom. The number of nitrogens with zero attached hydrogens (tertiary/aromatic N) is 1. The summed E-state index contributed by atoms with van der Waals surface area (Å²) in [7, 11) is 0. The van der Waals surface area contributed by atoms with E-state index in [0.717, 1.165) is 17.0 Å². The molecule has 0 fully saturated rings. The van der Waals surface area contributed by atoms with E-state index in [2.05, 4.69) is 0 Å². The molecule has 0 aliphatic carbocycles. The summed E-state index contributed by atoms with van der Waals surface area (Å²) in [6, 6.07) is 3.38. The molecular formula is C12H13NO7. The monoisotopic (exact) mass is 283 g/mol. The number of aliphatic carboxylic acids is 2. The topological polar surface area (TPSA) is 135 Å². The zero-order valence-electron chi connectivity index (χ0n) is 10.3. The molecule has 8 heteroatoms. The van der Waals surface area contributed by atoms with Gasteiger partial charge in [-0.1, -0.05) is 0 Å². The molecule has 20 heavy (non-hydrogen) atoms. The number of carbonyl (C=O) groups is 3. The summed E-state index contributed by atoms with van der Waals surface area (Å²) in [4.78, 5) is 34.0. The average Bonchev–Trinajstić information content (AvgIpc) is 2.30. The van der Waals surface area contributed by atoms with Crippen LogP contribution >= 0.6 is 0 Å². The first kappa shape index (κ1) is 15.4. The molecule has 0 aliphatic rings. The molecular weight excluding hydrogens is 270 g/mol. The first-order chi connectivity index (χ1) is 9.29. The van der Waals surface area contributed by atoms with Crippen LogP contribution in [0.15, 0.2) is 18.2 Å². The zero-order chi connectivity index (χ0) is 15.3. The van der Waals surface area contributed by atoms with Crippen LogP contribution in [-0.4, -0.2) is 62.7 Å². The van der Waals surface area contributed by atoms with Gasteiger partial charge in [-0.15, -0.1) is 0 Å². The van der Waals surface area contributed by atoms with E-state index >= 15 is 0 Å². The van der Waals surface area contributed by atoms with Gasteiger partial charge in [0.2, 0.25) is 0 Å². The fraction of sp³-hybridized carbons (Fsp3) is 0.250. The van der Waals surface area contributed by atoms with Crippen molar-refractivity contribution in [3.63, 3.8) is 0 Å². The summed E-state index contributed by atoms with van der Waals surface area (Å²) in [5, 5.41) is 35.7. The minimum Gasteiger partial charge on any atom is -0.504 e. The maximum absolute atomic E-state index is 11.9. The fourth-order valence-electron chi connectivity index (χ4n) is 1.54. The predicted molar refractivity (Wildman–Crippen MR) is 65.8 cm³/mol. The smallest absolute Gasteiger partial charge is 0.317 e. The van der Waals surface area contributed by atoms with Gasteiger partial charge < -0.3 is 20.4 Å². The van der Waals surface area contributed by atoms with Crippen molar-refractivity contribution in [2.24, 2.45) is 0 Å². The van der Waals surface area contributed by atoms with Crippen molar-refractivity contribution in [1.29, 1.82) is 0 Å². The second-order valence-electron chi connectivity index (χ2n) is 4.06. The molecule has 1 aromatic carbocycles. The average molecular weight is 283 g/mol. The van der Waals surface area contributed by atoms with E-state index in [1.54, 1.807) is 0 Å². The Hall–Kier alpha value is -2.61. The number of Topliss-reactive ketones (excluding diaryl/α,β-unsaturated/α-hetero) is 1. The van der Waals surface area contributed by atoms with Gasteiger partial charge in [-0.2, -0.15) is 0 Å². The number of ketones is 1. The van der Waals surface area contributed by atoms with Crippen LogP contribution in [0.2, 0.25) is 0 Å². The van der Waals surface area contributed by atoms with Crippen LogP contribution in [-0.2, 0) is 9.59 Å². The molecule has 0 atom stereocenters. The van der Waals surface area contributed by atoms with E-state index in [1.165, 1.54) is 6.07 Å². The van der Waals surface area contributed by atoms with Crippen molar-refractivity contribution in [2.45, 2.75) is 0 Å². The van der Waals surface area contributed by atoms with Crippen LogP contribution in [0.25, 0.3) is 0 Å². The second-order valence-corrected chi connectivity index (χ2v) is 4.06. The first-order valence-corrected chi connectivity index (χ1v) is 5.50. The van der Waals surface area contributed by atoms with Crippen LogP contribution in [0.5, 0.6) is 11.5 Å². The molecule has 0 unspecified atom stereocenters. The van der Waals surface area contributed by atoms with E-state index in [4.69, 9.17) is 15.3 Å². The minimum absolute atomic E-state index is 0.0427. The maximum atomic E-state index is 11.9. The predicted octanol–water partition coefficient (Wildman–Crippen LogP) is -0.248. The number of benzene rings is 1. The summed E-state index contributed by atoms with van der Waals surface area (Å²) in [5.74, 6) is -3.96. The van der Waals surface area contributed by atoms with Gasteiger partial charge >= 0.3 is 11.9 Å². The van der Waals surface area contributed by atoms with E-state index < -0.39 is 48.9 Å². The van der Waals surface area contributed by atoms with Crippen molar-refractivity contribution in [3.05, 3.63) is 23.8 Å². The van der Waals surface area contributed by atoms with Crippen LogP contribution in [0.4, 0.5) is 0 Å². The molecule has 0 saturated carbocycles. The SMILES string of the molecule is O=C(O)CN(CC(=O)O)CC(=O)c1ccc(O)c(O)c1. The Labute approximate surface area is 113 Å². The zero-order valence-corrected chi connectivity index (χ0v) is 10.3. The number of carboxylic acids is 2. The largest absolute Gasteiger partial charge is 0.504 e. The standard InChI is InChI=1S/C12H13NO7/c14-8-2-1-7(3-9(8)15)10(16)4-13(5-11(17)18)6-12(19)20/h1-3,14-15H,4-6H2,(H,17,18)(H,19,20). The molecule has 0 radical (unpaired) electrons. The molecule has 1 aromatic rings. The van der Waals surface area contributed by atoms with Gasteiger partial charge in [0.1, 0.15) is 0 Å². The Morgan fingerprint density at radius 3 is 1.90 bits per heavy atom. The van der Waals surface area contributed by atoms with E-state index in [-0.39, 0.29) is 5.56 Å². The molecule has 8 nitrogen and oxygen atoms in total. The molecule has 0 amide bonds. The van der Waals surface area contributed by atoms with Crippen molar-refractivity contribution in [1.82, 2.24) is 4.90 Å². The molecule has 1 rings (SSSR count). The normalized spacial score (nSPS) is 10.4. The van der Waals surface area contributed by atoms with Gasteiger partial charge in [0.05, 0.1) is 19.6 Å². The van der Waals surface area contributed by atoms with Crippen LogP contribution in [0.3, 0.4) is 0 Å². The maximum Gasteiger partial charge on any atom is 0.317 e. The summed E-state index contributed by atoms with van der Waals surface area (Å²) < 4.78 is 0. The third kappa shape index (κ3) is 4.58. The highest BCUT2D eigenvalue weighted by Crippen LogP contribution is 2.25. The quantitative estimate of drug-likeness (QED) is 0.397. The highest BCUT2D eigenvalue weighted by Gasteiger charge is 2.18. The Balaban J connectivity index is 2.81. The minimum atomic E-state index is -1.26. The summed E-state index contributed by atoms with van der Waals surface area (Å²) in [5.41, 5.74) is 0.0427. The van der Waals surface area contributed by atoms with Gasteiger partial charge in [-0.05, 0) is 18.2 Å². The van der Waals surface area contributed by atoms with Gasteiger partial charge in [-0.25, -0.2) is 0 Å². The molecule has 0 spiro atoms. The van der Waals surface area contributed by atoms with E-state index in [1.807, 2.05) is 0 Å². The third-order valence-electron chi connectivity index (χ3n) is 2.38. The lowest BCUT2D eigenvalue weighted by molar-refractivity contribution is -0.141. The third-order valence-corrected chi connectivity index (χ3v) is 2.38. The van der Waals surface area contributed by atoms with Crippen molar-refractivity contribution in [2.75, 3.05) is 19.6 Å². The highest BCUT2D eigenvalue weighted by atomic mass is 16.4. The molecule has 0 aromatic heterocycles. The van der Waals surface area contributed by atoms with Crippen molar-refractivity contribution in [3.8, 4) is 11.5 Å². The van der Waals surface area contributed by atoms with Crippen molar-refractivity contribution < 1.29 is 34.8 Å². The molecule has 108 valence electrons. The Bertz CT molecular complexity index is 525. The molecule has 4 N–H and O–H groups in total. The van der Waals surface area contributed by atoms with Gasteiger partial charge in [-0.3, -0.25) is 19.3 Å². The Morgan fingerprint density at radius 1 is 0.900 bits per heavy atom. The fourth-order valence-corrected chi connectivity index (χ4v) is 1.54. The number of carbonyl (C=O) groups excluding carboxylic acids is 1. The van der Waals surface area contributed by atoms with Crippen molar-refractivity contribution >= 4 is 17.7 Å². The molecule has 0 bridgehead atoms. The van der Waals surface area contributed by atoms with E-state index in [0.29, 0.717) is 0 Å². The van der Waals surface area contributed by atoms with Crippen LogP contribution in [0.1, 0.15) is 10.4 Å². The molecule has 0 saturated heterocycles. The lowest BCUT2D eigenvalue weighted by Crippen LogP contribution is -2.38. The molecule has 0 heterocycles. The van der Waals surface area contributed by atoms with Gasteiger partial charge in [0.15, 0.2) is 17.3 Å². The van der Waals surface area contributed by atoms with Gasteiger partial charge in [0.25, 0.3) is 0 Å². The lowest BCUT2D eigenvalue weighted by atomic mass is 10.1. The second kappa shape index (κ2) is 6.53. The Kier molecular flexibility index (Phi) is 5.04. The number of phenols is 2. The van der Waals surface area contributed by atoms with E-state index in [9.17, 15) is 19.5 Å². The summed E-state index contributed by atoms with van der Waals surface area (Å²) >= 11 is 0. The highest BCUT2D eigenvalue weighted by molar-refractivity contribution is 5.98. The first-order valence-electron chi connectivity index (χ1n) is 5.50. The number of rotatable bonds is 7. The van der Waals surface area contributed by atoms with Gasteiger partial charge in [0, 0.05) is 5.56 Å². The summed E-state index contributed by atoms with van der Waals surface area (Å²) in [6.07, 6.45) is 0. The molecule has 0 aliphatic heterocycles.